The van der Waals surface area contributed by atoms with E-state index in [1.165, 1.54) is 0 Å². The molecule has 0 aromatic heterocycles. The summed E-state index contributed by atoms with van der Waals surface area (Å²) in [5.41, 5.74) is 1.97. The summed E-state index contributed by atoms with van der Waals surface area (Å²) in [6.07, 6.45) is 2.99. The molecule has 0 saturated carbocycles. The molecule has 5 heteroatoms. The van der Waals surface area contributed by atoms with Crippen molar-refractivity contribution in [3.63, 3.8) is 0 Å². The van der Waals surface area contributed by atoms with Gasteiger partial charge in [-0.15, -0.1) is 0 Å². The molecule has 1 aromatic carbocycles. The maximum Gasteiger partial charge on any atom is 0.224 e. The van der Waals surface area contributed by atoms with Gasteiger partial charge in [0, 0.05) is 13.0 Å². The predicted molar refractivity (Wildman–Crippen MR) is 78.1 cm³/mol. The van der Waals surface area contributed by atoms with E-state index in [0.717, 1.165) is 49.4 Å². The van der Waals surface area contributed by atoms with Crippen LogP contribution in [-0.2, 0) is 11.2 Å². The first-order valence-electron chi connectivity index (χ1n) is 7.17. The minimum absolute atomic E-state index is 0.0548. The summed E-state index contributed by atoms with van der Waals surface area (Å²) in [5, 5.41) is 14.8. The Hall–Kier alpha value is -1.59. The summed E-state index contributed by atoms with van der Waals surface area (Å²) < 4.78 is 5.76. The third-order valence-corrected chi connectivity index (χ3v) is 3.27. The van der Waals surface area contributed by atoms with Crippen molar-refractivity contribution in [2.24, 2.45) is 0 Å². The Balaban J connectivity index is 1.77. The molecule has 0 bridgehead atoms. The number of anilines is 1. The SMILES string of the molecule is O=C1CCc2cccc(OCCCNCCCO)c2N1. The topological polar surface area (TPSA) is 70.6 Å². The zero-order valence-corrected chi connectivity index (χ0v) is 11.7. The summed E-state index contributed by atoms with van der Waals surface area (Å²) >= 11 is 0. The van der Waals surface area contributed by atoms with Crippen molar-refractivity contribution >= 4 is 11.6 Å². The van der Waals surface area contributed by atoms with Gasteiger partial charge in [0.25, 0.3) is 0 Å². The van der Waals surface area contributed by atoms with E-state index >= 15 is 0 Å². The van der Waals surface area contributed by atoms with Crippen LogP contribution in [0.4, 0.5) is 5.69 Å². The lowest BCUT2D eigenvalue weighted by atomic mass is 10.0. The molecule has 1 amide bonds. The molecule has 3 N–H and O–H groups in total. The molecular formula is C15H22N2O3. The maximum atomic E-state index is 11.5. The van der Waals surface area contributed by atoms with Crippen molar-refractivity contribution in [1.29, 1.82) is 0 Å². The number of benzene rings is 1. The molecule has 1 heterocycles. The van der Waals surface area contributed by atoms with Gasteiger partial charge in [-0.25, -0.2) is 0 Å². The molecule has 0 spiro atoms. The standard InChI is InChI=1S/C15H22N2O3/c18-10-2-8-16-9-3-11-20-13-5-1-4-12-6-7-14(19)17-15(12)13/h1,4-5,16,18H,2-3,6-11H2,(H,17,19). The van der Waals surface area contributed by atoms with Crippen LogP contribution in [0.3, 0.4) is 0 Å². The van der Waals surface area contributed by atoms with Crippen LogP contribution in [0.25, 0.3) is 0 Å². The van der Waals surface area contributed by atoms with Crippen LogP contribution in [0.5, 0.6) is 5.75 Å². The quantitative estimate of drug-likeness (QED) is 0.627. The van der Waals surface area contributed by atoms with Crippen molar-refractivity contribution in [3.8, 4) is 5.75 Å². The van der Waals surface area contributed by atoms with Gasteiger partial charge in [-0.2, -0.15) is 0 Å². The van der Waals surface area contributed by atoms with Gasteiger partial charge in [-0.05, 0) is 44.0 Å². The van der Waals surface area contributed by atoms with Crippen LogP contribution >= 0.6 is 0 Å². The Morgan fingerprint density at radius 1 is 1.25 bits per heavy atom. The number of hydrogen-bond donors (Lipinski definition) is 3. The Labute approximate surface area is 119 Å². The van der Waals surface area contributed by atoms with Gasteiger partial charge >= 0.3 is 0 Å². The zero-order chi connectivity index (χ0) is 14.2. The van der Waals surface area contributed by atoms with E-state index in [9.17, 15) is 4.79 Å². The van der Waals surface area contributed by atoms with Crippen molar-refractivity contribution in [1.82, 2.24) is 5.32 Å². The van der Waals surface area contributed by atoms with E-state index in [2.05, 4.69) is 10.6 Å². The number of carbonyl (C=O) groups is 1. The highest BCUT2D eigenvalue weighted by atomic mass is 16.5. The molecule has 0 saturated heterocycles. The Kier molecular flexibility index (Phi) is 5.83. The Morgan fingerprint density at radius 2 is 2.10 bits per heavy atom. The van der Waals surface area contributed by atoms with E-state index in [4.69, 9.17) is 9.84 Å². The van der Waals surface area contributed by atoms with Crippen molar-refractivity contribution in [2.45, 2.75) is 25.7 Å². The number of aliphatic hydroxyl groups excluding tert-OH is 1. The first-order chi connectivity index (χ1) is 9.81. The third-order valence-electron chi connectivity index (χ3n) is 3.27. The molecule has 0 aliphatic carbocycles. The smallest absolute Gasteiger partial charge is 0.224 e. The molecular weight excluding hydrogens is 256 g/mol. The van der Waals surface area contributed by atoms with Gasteiger partial charge in [-0.1, -0.05) is 12.1 Å². The Bertz CT molecular complexity index is 449. The first-order valence-corrected chi connectivity index (χ1v) is 7.17. The van der Waals surface area contributed by atoms with E-state index in [0.29, 0.717) is 13.0 Å². The number of hydrogen-bond acceptors (Lipinski definition) is 4. The number of amides is 1. The summed E-state index contributed by atoms with van der Waals surface area (Å²) in [6, 6.07) is 5.88. The molecule has 20 heavy (non-hydrogen) atoms. The van der Waals surface area contributed by atoms with Crippen LogP contribution in [0.1, 0.15) is 24.8 Å². The highest BCUT2D eigenvalue weighted by molar-refractivity contribution is 5.95. The zero-order valence-electron chi connectivity index (χ0n) is 11.7. The number of aliphatic hydroxyl groups is 1. The van der Waals surface area contributed by atoms with Crippen molar-refractivity contribution in [3.05, 3.63) is 23.8 Å². The molecule has 110 valence electrons. The van der Waals surface area contributed by atoms with Gasteiger partial charge in [-0.3, -0.25) is 4.79 Å². The Morgan fingerprint density at radius 3 is 2.95 bits per heavy atom. The molecule has 1 aliphatic heterocycles. The van der Waals surface area contributed by atoms with Crippen LogP contribution in [-0.4, -0.2) is 37.3 Å². The largest absolute Gasteiger partial charge is 0.491 e. The average molecular weight is 278 g/mol. The van der Waals surface area contributed by atoms with E-state index < -0.39 is 0 Å². The van der Waals surface area contributed by atoms with E-state index in [-0.39, 0.29) is 12.5 Å². The maximum absolute atomic E-state index is 11.5. The van der Waals surface area contributed by atoms with Crippen molar-refractivity contribution in [2.75, 3.05) is 31.6 Å². The third kappa shape index (κ3) is 4.21. The lowest BCUT2D eigenvalue weighted by Gasteiger charge is -2.20. The number of nitrogens with one attached hydrogen (secondary N) is 2. The van der Waals surface area contributed by atoms with E-state index in [1.807, 2.05) is 18.2 Å². The molecule has 0 atom stereocenters. The van der Waals surface area contributed by atoms with Gasteiger partial charge < -0.3 is 20.5 Å². The molecule has 0 unspecified atom stereocenters. The van der Waals surface area contributed by atoms with Crippen LogP contribution in [0.15, 0.2) is 18.2 Å². The van der Waals surface area contributed by atoms with Gasteiger partial charge in [0.1, 0.15) is 5.75 Å². The lowest BCUT2D eigenvalue weighted by molar-refractivity contribution is -0.116. The second-order valence-corrected chi connectivity index (χ2v) is 4.87. The second kappa shape index (κ2) is 7.87. The summed E-state index contributed by atoms with van der Waals surface area (Å²) in [7, 11) is 0. The van der Waals surface area contributed by atoms with E-state index in [1.54, 1.807) is 0 Å². The summed E-state index contributed by atoms with van der Waals surface area (Å²) in [4.78, 5) is 11.5. The number of para-hydroxylation sites is 1. The molecule has 0 fully saturated rings. The molecule has 5 nitrogen and oxygen atoms in total. The highest BCUT2D eigenvalue weighted by Crippen LogP contribution is 2.32. The average Bonchev–Trinajstić information content (AvgIpc) is 2.46. The lowest BCUT2D eigenvalue weighted by Crippen LogP contribution is -2.21. The predicted octanol–water partition coefficient (Wildman–Crippen LogP) is 1.31. The number of aryl methyl sites for hydroxylation is 1. The fourth-order valence-electron chi connectivity index (χ4n) is 2.21. The molecule has 0 radical (unpaired) electrons. The molecule has 1 aliphatic rings. The van der Waals surface area contributed by atoms with Crippen LogP contribution in [0.2, 0.25) is 0 Å². The minimum atomic E-state index is 0.0548. The van der Waals surface area contributed by atoms with Crippen molar-refractivity contribution < 1.29 is 14.6 Å². The summed E-state index contributed by atoms with van der Waals surface area (Å²) in [5.74, 6) is 0.810. The fraction of sp³-hybridized carbons (Fsp3) is 0.533. The molecule has 1 aromatic rings. The summed E-state index contributed by atoms with van der Waals surface area (Å²) in [6.45, 7) is 2.52. The van der Waals surface area contributed by atoms with Gasteiger partial charge in [0.15, 0.2) is 0 Å². The van der Waals surface area contributed by atoms with Gasteiger partial charge in [0.2, 0.25) is 5.91 Å². The number of ether oxygens (including phenoxy) is 1. The normalized spacial score (nSPS) is 13.8. The first kappa shape index (κ1) is 14.8. The highest BCUT2D eigenvalue weighted by Gasteiger charge is 2.18. The number of carbonyl (C=O) groups excluding carboxylic acids is 1. The minimum Gasteiger partial charge on any atom is -0.491 e. The fourth-order valence-corrected chi connectivity index (χ4v) is 2.21. The molecule has 2 rings (SSSR count). The number of rotatable bonds is 8. The second-order valence-electron chi connectivity index (χ2n) is 4.87. The van der Waals surface area contributed by atoms with Gasteiger partial charge in [0.05, 0.1) is 12.3 Å². The van der Waals surface area contributed by atoms with Crippen LogP contribution < -0.4 is 15.4 Å². The monoisotopic (exact) mass is 278 g/mol. The number of fused-ring (bicyclic) bond motifs is 1. The van der Waals surface area contributed by atoms with Crippen LogP contribution in [0, 0.1) is 0 Å².